The third-order valence-electron chi connectivity index (χ3n) is 4.46. The van der Waals surface area contributed by atoms with E-state index in [0.717, 1.165) is 17.7 Å². The second-order valence-corrected chi connectivity index (χ2v) is 6.31. The third-order valence-corrected chi connectivity index (χ3v) is 4.46. The van der Waals surface area contributed by atoms with Crippen molar-refractivity contribution in [2.45, 2.75) is 32.2 Å². The van der Waals surface area contributed by atoms with Crippen LogP contribution in [-0.2, 0) is 9.59 Å². The molecule has 7 heteroatoms. The van der Waals surface area contributed by atoms with Gasteiger partial charge >= 0.3 is 6.03 Å². The molecule has 1 aromatic rings. The molecule has 122 valence electrons. The molecular weight excluding hydrogens is 301 g/mol. The predicted octanol–water partition coefficient (Wildman–Crippen LogP) is 1.79. The zero-order valence-corrected chi connectivity index (χ0v) is 13.0. The molecule has 0 radical (unpaired) electrons. The van der Waals surface area contributed by atoms with E-state index in [2.05, 4.69) is 10.6 Å². The van der Waals surface area contributed by atoms with Gasteiger partial charge in [-0.05, 0) is 56.4 Å². The van der Waals surface area contributed by atoms with Gasteiger partial charge in [0.15, 0.2) is 0 Å². The number of nitrogens with zero attached hydrogens (tertiary/aromatic N) is 1. The number of hydrogen-bond acceptors (Lipinski definition) is 3. The van der Waals surface area contributed by atoms with Gasteiger partial charge < -0.3 is 10.6 Å². The highest BCUT2D eigenvalue weighted by atomic mass is 19.1. The number of carbonyl (C=O) groups excluding carboxylic acids is 3. The van der Waals surface area contributed by atoms with Crippen molar-refractivity contribution in [1.82, 2.24) is 10.2 Å². The molecule has 1 saturated carbocycles. The number of hydrogen-bond donors (Lipinski definition) is 2. The first kappa shape index (κ1) is 15.5. The Labute approximate surface area is 133 Å². The summed E-state index contributed by atoms with van der Waals surface area (Å²) in [6.07, 6.45) is 1.80. The summed E-state index contributed by atoms with van der Waals surface area (Å²) < 4.78 is 13.1. The lowest BCUT2D eigenvalue weighted by Gasteiger charge is -2.20. The van der Waals surface area contributed by atoms with E-state index in [9.17, 15) is 18.8 Å². The van der Waals surface area contributed by atoms with E-state index in [-0.39, 0.29) is 18.4 Å². The normalized spacial score (nSPS) is 23.9. The van der Waals surface area contributed by atoms with Crippen LogP contribution in [0.5, 0.6) is 0 Å². The Morgan fingerprint density at radius 1 is 1.43 bits per heavy atom. The molecule has 1 saturated heterocycles. The van der Waals surface area contributed by atoms with Crippen LogP contribution in [0.2, 0.25) is 0 Å². The molecule has 6 nitrogen and oxygen atoms in total. The maximum absolute atomic E-state index is 13.1. The molecule has 0 aromatic heterocycles. The van der Waals surface area contributed by atoms with Crippen LogP contribution in [0.3, 0.4) is 0 Å². The van der Waals surface area contributed by atoms with Crippen LogP contribution in [0.25, 0.3) is 0 Å². The van der Waals surface area contributed by atoms with E-state index in [1.54, 1.807) is 13.8 Å². The molecule has 1 atom stereocenters. The number of anilines is 1. The average molecular weight is 319 g/mol. The first-order valence-electron chi connectivity index (χ1n) is 7.51. The molecule has 23 heavy (non-hydrogen) atoms. The summed E-state index contributed by atoms with van der Waals surface area (Å²) in [5.74, 6) is -1.11. The molecule has 0 bridgehead atoms. The minimum Gasteiger partial charge on any atom is -0.324 e. The average Bonchev–Trinajstić information content (AvgIpc) is 3.28. The van der Waals surface area contributed by atoms with Crippen LogP contribution in [0, 0.1) is 18.7 Å². The Morgan fingerprint density at radius 3 is 2.74 bits per heavy atom. The Hall–Kier alpha value is -2.44. The van der Waals surface area contributed by atoms with Crippen molar-refractivity contribution in [3.8, 4) is 0 Å². The van der Waals surface area contributed by atoms with Gasteiger partial charge in [0.2, 0.25) is 5.91 Å². The van der Waals surface area contributed by atoms with Crippen molar-refractivity contribution in [2.24, 2.45) is 5.92 Å². The summed E-state index contributed by atoms with van der Waals surface area (Å²) in [5.41, 5.74) is 0.121. The Kier molecular flexibility index (Phi) is 3.58. The zero-order chi connectivity index (χ0) is 16.8. The zero-order valence-electron chi connectivity index (χ0n) is 13.0. The summed E-state index contributed by atoms with van der Waals surface area (Å²) >= 11 is 0. The van der Waals surface area contributed by atoms with Crippen LogP contribution in [0.4, 0.5) is 14.9 Å². The van der Waals surface area contributed by atoms with Gasteiger partial charge in [0, 0.05) is 5.69 Å². The van der Waals surface area contributed by atoms with Crippen LogP contribution < -0.4 is 10.6 Å². The fourth-order valence-corrected chi connectivity index (χ4v) is 2.90. The Bertz CT molecular complexity index is 702. The topological polar surface area (TPSA) is 78.5 Å². The molecule has 0 spiro atoms. The minimum atomic E-state index is -0.900. The number of urea groups is 1. The number of aryl methyl sites for hydroxylation is 1. The minimum absolute atomic E-state index is 0.145. The van der Waals surface area contributed by atoms with E-state index < -0.39 is 23.3 Å². The van der Waals surface area contributed by atoms with Gasteiger partial charge in [-0.2, -0.15) is 0 Å². The number of carbonyl (C=O) groups is 3. The largest absolute Gasteiger partial charge is 0.325 e. The molecule has 1 aliphatic carbocycles. The van der Waals surface area contributed by atoms with Crippen molar-refractivity contribution in [2.75, 3.05) is 11.9 Å². The van der Waals surface area contributed by atoms with Crippen molar-refractivity contribution in [3.05, 3.63) is 29.6 Å². The molecule has 1 aromatic carbocycles. The van der Waals surface area contributed by atoms with Crippen LogP contribution in [0.1, 0.15) is 25.3 Å². The van der Waals surface area contributed by atoms with Gasteiger partial charge in [-0.25, -0.2) is 9.18 Å². The number of amides is 4. The summed E-state index contributed by atoms with van der Waals surface area (Å²) in [6.45, 7) is 3.01. The lowest BCUT2D eigenvalue weighted by Crippen LogP contribution is -2.46. The lowest BCUT2D eigenvalue weighted by atomic mass is 9.96. The van der Waals surface area contributed by atoms with Crippen LogP contribution in [0.15, 0.2) is 18.2 Å². The van der Waals surface area contributed by atoms with Gasteiger partial charge in [-0.1, -0.05) is 0 Å². The number of halogens is 1. The maximum atomic E-state index is 13.1. The summed E-state index contributed by atoms with van der Waals surface area (Å²) in [5, 5.41) is 5.29. The lowest BCUT2D eigenvalue weighted by molar-refractivity contribution is -0.134. The van der Waals surface area contributed by atoms with E-state index >= 15 is 0 Å². The Morgan fingerprint density at radius 2 is 2.13 bits per heavy atom. The molecule has 3 rings (SSSR count). The van der Waals surface area contributed by atoms with Crippen molar-refractivity contribution >= 4 is 23.5 Å². The first-order valence-corrected chi connectivity index (χ1v) is 7.51. The molecule has 0 unspecified atom stereocenters. The predicted molar refractivity (Wildman–Crippen MR) is 81.1 cm³/mol. The fraction of sp³-hybridized carbons (Fsp3) is 0.438. The monoisotopic (exact) mass is 319 g/mol. The Balaban J connectivity index is 1.68. The van der Waals surface area contributed by atoms with Gasteiger partial charge in [0.1, 0.15) is 17.9 Å². The fourth-order valence-electron chi connectivity index (χ4n) is 2.90. The SMILES string of the molecule is Cc1cc(F)ccc1NC(=O)CN1C(=O)N[C@@](C)(C2CC2)C1=O. The molecule has 4 amide bonds. The number of benzene rings is 1. The highest BCUT2D eigenvalue weighted by Gasteiger charge is 2.56. The summed E-state index contributed by atoms with van der Waals surface area (Å²) in [7, 11) is 0. The number of nitrogens with one attached hydrogen (secondary N) is 2. The van der Waals surface area contributed by atoms with Gasteiger partial charge in [0.05, 0.1) is 0 Å². The quantitative estimate of drug-likeness (QED) is 0.831. The second-order valence-electron chi connectivity index (χ2n) is 6.31. The smallest absolute Gasteiger partial charge is 0.324 e. The highest BCUT2D eigenvalue weighted by molar-refractivity contribution is 6.10. The highest BCUT2D eigenvalue weighted by Crippen LogP contribution is 2.42. The first-order chi connectivity index (χ1) is 10.8. The van der Waals surface area contributed by atoms with Gasteiger partial charge in [-0.15, -0.1) is 0 Å². The van der Waals surface area contributed by atoms with Crippen molar-refractivity contribution < 1.29 is 18.8 Å². The van der Waals surface area contributed by atoms with Gasteiger partial charge in [0.25, 0.3) is 5.91 Å². The van der Waals surface area contributed by atoms with Gasteiger partial charge in [-0.3, -0.25) is 14.5 Å². The molecule has 2 aliphatic rings. The summed E-state index contributed by atoms with van der Waals surface area (Å²) in [6, 6.07) is 3.44. The number of rotatable bonds is 4. The van der Waals surface area contributed by atoms with E-state index in [1.807, 2.05) is 0 Å². The van der Waals surface area contributed by atoms with Crippen molar-refractivity contribution in [1.29, 1.82) is 0 Å². The van der Waals surface area contributed by atoms with Crippen LogP contribution in [-0.4, -0.2) is 34.8 Å². The number of imide groups is 1. The molecule has 2 fully saturated rings. The third kappa shape index (κ3) is 2.78. The molecule has 1 heterocycles. The summed E-state index contributed by atoms with van der Waals surface area (Å²) in [4.78, 5) is 37.5. The van der Waals surface area contributed by atoms with Crippen molar-refractivity contribution in [3.63, 3.8) is 0 Å². The second kappa shape index (κ2) is 5.33. The van der Waals surface area contributed by atoms with E-state index in [4.69, 9.17) is 0 Å². The van der Waals surface area contributed by atoms with E-state index in [1.165, 1.54) is 18.2 Å². The standard InChI is InChI=1S/C16H18FN3O3/c1-9-7-11(17)5-6-12(9)18-13(21)8-20-14(22)16(2,10-3-4-10)19-15(20)23/h5-7,10H,3-4,8H2,1-2H3,(H,18,21)(H,19,23)/t16-/m0/s1. The molecular formula is C16H18FN3O3. The van der Waals surface area contributed by atoms with E-state index in [0.29, 0.717) is 11.3 Å². The maximum Gasteiger partial charge on any atom is 0.325 e. The van der Waals surface area contributed by atoms with Crippen LogP contribution >= 0.6 is 0 Å². The molecule has 2 N–H and O–H groups in total. The molecule has 1 aliphatic heterocycles.